The van der Waals surface area contributed by atoms with E-state index in [9.17, 15) is 0 Å². The lowest BCUT2D eigenvalue weighted by Crippen LogP contribution is -2.33. The largest absolute Gasteiger partial charge is 0.309 e. The fourth-order valence-electron chi connectivity index (χ4n) is 15.9. The summed E-state index contributed by atoms with van der Waals surface area (Å²) in [4.78, 5) is 0. The van der Waals surface area contributed by atoms with Gasteiger partial charge in [-0.25, -0.2) is 0 Å². The van der Waals surface area contributed by atoms with Gasteiger partial charge in [0.2, 0.25) is 0 Å². The first-order chi connectivity index (χ1) is 48.2. The van der Waals surface area contributed by atoms with Gasteiger partial charge in [-0.2, -0.15) is 0 Å². The van der Waals surface area contributed by atoms with Crippen LogP contribution in [0.25, 0.3) is 97.0 Å². The van der Waals surface area contributed by atoms with Gasteiger partial charge in [0, 0.05) is 63.7 Å². The van der Waals surface area contributed by atoms with Gasteiger partial charge in [0.05, 0.1) is 0 Å². The summed E-state index contributed by atoms with van der Waals surface area (Å²) >= 11 is 0. The van der Waals surface area contributed by atoms with Crippen LogP contribution >= 0.6 is 28.6 Å². The molecule has 464 valence electrons. The minimum atomic E-state index is -4.37. The molecule has 0 saturated heterocycles. The van der Waals surface area contributed by atoms with Crippen LogP contribution in [0, 0.1) is 0 Å². The molecule has 0 heterocycles. The molecule has 0 aliphatic carbocycles. The first kappa shape index (κ1) is 59.7. The third kappa shape index (κ3) is 9.00. The van der Waals surface area contributed by atoms with E-state index in [1.54, 1.807) is 0 Å². The van der Waals surface area contributed by atoms with E-state index in [4.69, 9.17) is 0 Å². The van der Waals surface area contributed by atoms with Crippen molar-refractivity contribution in [3.05, 3.63) is 364 Å². The van der Waals surface area contributed by atoms with Crippen LogP contribution in [0.2, 0.25) is 0 Å². The summed E-state index contributed by atoms with van der Waals surface area (Å²) in [7, 11) is -16.1. The number of benzene rings is 18. The summed E-state index contributed by atoms with van der Waals surface area (Å²) in [6.45, 7) is 0. The van der Waals surface area contributed by atoms with E-state index in [1.165, 1.54) is 0 Å². The summed E-state index contributed by atoms with van der Waals surface area (Å²) in [5.74, 6) is 0. The van der Waals surface area contributed by atoms with E-state index in [0.29, 0.717) is 96.0 Å². The smallest absolute Gasteiger partial charge is 0.172 e. The molecule has 98 heavy (non-hydrogen) atoms. The Kier molecular flexibility index (Phi) is 14.3. The van der Waals surface area contributed by atoms with Gasteiger partial charge in [0.15, 0.2) is 28.6 Å². The molecule has 0 unspecified atom stereocenters. The van der Waals surface area contributed by atoms with E-state index in [-0.39, 0.29) is 0 Å². The van der Waals surface area contributed by atoms with Crippen molar-refractivity contribution in [2.45, 2.75) is 0 Å². The fraction of sp³-hybridized carbons (Fsp3) is 0. The maximum atomic E-state index is 19.2. The predicted octanol–water partition coefficient (Wildman–Crippen LogP) is 18.6. The first-order valence-electron chi connectivity index (χ1n) is 33.1. The Balaban J connectivity index is 0.965. The summed E-state index contributed by atoms with van der Waals surface area (Å²) in [5.41, 5.74) is 0. The molecular weight excluding hydrogens is 1270 g/mol. The molecule has 0 N–H and O–H groups in total. The highest BCUT2D eigenvalue weighted by Crippen LogP contribution is 2.55. The highest BCUT2D eigenvalue weighted by molar-refractivity contribution is 7.88. The predicted molar refractivity (Wildman–Crippen MR) is 422 cm³/mol. The van der Waals surface area contributed by atoms with Crippen molar-refractivity contribution < 1.29 is 18.3 Å². The highest BCUT2D eigenvalue weighted by atomic mass is 31.2. The number of fused-ring (bicyclic) bond motifs is 9. The first-order valence-corrected chi connectivity index (χ1v) is 39.9. The zero-order valence-electron chi connectivity index (χ0n) is 53.1. The van der Waals surface area contributed by atoms with Crippen molar-refractivity contribution in [3.63, 3.8) is 0 Å². The molecule has 0 aliphatic heterocycles. The van der Waals surface area contributed by atoms with E-state index < -0.39 is 28.6 Å². The SMILES string of the molecule is O=P(c1cccc2ccccc12)(c1cccc2ccccc12)c1ccc(P(=O)(c2ccc(P(=O)(c3cccc4ccccc34)c3cccc4ccccc34)c3ccccc23)c2ccc(P(=O)(c3cccc4ccccc34)c3cccc4ccccc34)c3ccccc23)c2ccccc12. The molecule has 0 fully saturated rings. The third-order valence-electron chi connectivity index (χ3n) is 20.3. The minimum Gasteiger partial charge on any atom is -0.309 e. The molecule has 0 atom stereocenters. The summed E-state index contributed by atoms with van der Waals surface area (Å²) < 4.78 is 72.7. The monoisotopic (exact) mass is 1330 g/mol. The Labute approximate surface area is 567 Å². The quantitative estimate of drug-likeness (QED) is 0.114. The van der Waals surface area contributed by atoms with Crippen molar-refractivity contribution in [2.75, 3.05) is 0 Å². The third-order valence-corrected chi connectivity index (χ3v) is 33.1. The average Bonchev–Trinajstić information content (AvgIpc) is 0.705. The molecule has 4 nitrogen and oxygen atoms in total. The van der Waals surface area contributed by atoms with Crippen LogP contribution in [0.5, 0.6) is 0 Å². The van der Waals surface area contributed by atoms with Gasteiger partial charge < -0.3 is 18.3 Å². The second-order valence-electron chi connectivity index (χ2n) is 25.4. The van der Waals surface area contributed by atoms with Crippen LogP contribution in [-0.2, 0) is 18.3 Å². The highest BCUT2D eigenvalue weighted by Gasteiger charge is 2.43. The van der Waals surface area contributed by atoms with Crippen LogP contribution in [0.3, 0.4) is 0 Å². The van der Waals surface area contributed by atoms with Crippen LogP contribution in [0.4, 0.5) is 0 Å². The molecule has 18 aromatic rings. The van der Waals surface area contributed by atoms with Crippen molar-refractivity contribution in [1.82, 2.24) is 0 Å². The lowest BCUT2D eigenvalue weighted by atomic mass is 10.1. The van der Waals surface area contributed by atoms with Gasteiger partial charge in [-0.3, -0.25) is 0 Å². The average molecular weight is 1330 g/mol. The van der Waals surface area contributed by atoms with E-state index in [0.717, 1.165) is 64.6 Å². The molecule has 0 amide bonds. The van der Waals surface area contributed by atoms with E-state index in [2.05, 4.69) is 109 Å². The summed E-state index contributed by atoms with van der Waals surface area (Å²) in [6.07, 6.45) is 0. The Hall–Kier alpha value is -10.8. The molecule has 18 rings (SSSR count). The van der Waals surface area contributed by atoms with Crippen LogP contribution in [0.1, 0.15) is 0 Å². The van der Waals surface area contributed by atoms with Crippen molar-refractivity contribution in [3.8, 4) is 0 Å². The number of hydrogen-bond donors (Lipinski definition) is 0. The molecular formula is C90H60O4P4. The topological polar surface area (TPSA) is 68.3 Å². The molecule has 0 radical (unpaired) electrons. The van der Waals surface area contributed by atoms with Gasteiger partial charge in [0.1, 0.15) is 0 Å². The van der Waals surface area contributed by atoms with Crippen molar-refractivity contribution >= 4 is 189 Å². The number of rotatable bonds is 12. The van der Waals surface area contributed by atoms with Gasteiger partial charge in [-0.15, -0.1) is 0 Å². The zero-order chi connectivity index (χ0) is 65.7. The van der Waals surface area contributed by atoms with Crippen LogP contribution in [0.15, 0.2) is 364 Å². The molecule has 0 spiro atoms. The molecule has 18 aromatic carbocycles. The Morgan fingerprint density at radius 2 is 0.224 bits per heavy atom. The molecule has 0 bridgehead atoms. The molecule has 0 aliphatic rings. The standard InChI is InChI=1S/C90H60O4P4/c91-95(79-49-19-31-61-25-1-7-37-67(61)79,80-50-20-32-62-26-2-8-38-68(62)80)85-55-58-88(76-46-16-13-43-73(76)85)98(94,89-59-56-86(74-44-14-17-47-77(74)89)96(92,81-51-21-33-63-27-3-9-39-69(63)81)82-52-22-34-64-28-4-10-40-70(64)82)90-60-57-87(75-45-15-18-48-78(75)90)97(93,83-53-23-35-65-29-5-11-41-71(65)83)84-54-24-36-66-30-6-12-42-72(66)84/h1-60H. The molecule has 8 heteroatoms. The Bertz CT molecular complexity index is 5660. The maximum Gasteiger partial charge on any atom is 0.172 e. The molecule has 0 aromatic heterocycles. The second-order valence-corrected chi connectivity index (χ2v) is 36.0. The Morgan fingerprint density at radius 3 is 0.378 bits per heavy atom. The molecule has 0 saturated carbocycles. The lowest BCUT2D eigenvalue weighted by molar-refractivity contribution is 0.591. The fourth-order valence-corrected chi connectivity index (χ4v) is 29.0. The number of hydrogen-bond acceptors (Lipinski definition) is 4. The van der Waals surface area contributed by atoms with Gasteiger partial charge >= 0.3 is 0 Å². The Morgan fingerprint density at radius 1 is 0.112 bits per heavy atom. The van der Waals surface area contributed by atoms with Crippen LogP contribution < -0.4 is 63.7 Å². The summed E-state index contributed by atoms with van der Waals surface area (Å²) in [5, 5.41) is 23.0. The zero-order valence-corrected chi connectivity index (χ0v) is 56.6. The normalized spacial score (nSPS) is 12.4. The minimum absolute atomic E-state index is 0.535. The summed E-state index contributed by atoms with van der Waals surface area (Å²) in [6, 6.07) is 122. The van der Waals surface area contributed by atoms with Crippen molar-refractivity contribution in [2.24, 2.45) is 0 Å². The van der Waals surface area contributed by atoms with Gasteiger partial charge in [-0.05, 0) is 133 Å². The van der Waals surface area contributed by atoms with Gasteiger partial charge in [-0.1, -0.05) is 328 Å². The second kappa shape index (κ2) is 23.5. The van der Waals surface area contributed by atoms with Gasteiger partial charge in [0.25, 0.3) is 0 Å². The van der Waals surface area contributed by atoms with Crippen LogP contribution in [-0.4, -0.2) is 0 Å². The van der Waals surface area contributed by atoms with E-state index >= 15 is 18.3 Å². The van der Waals surface area contributed by atoms with E-state index in [1.807, 2.05) is 255 Å². The van der Waals surface area contributed by atoms with Crippen molar-refractivity contribution in [1.29, 1.82) is 0 Å². The lowest BCUT2D eigenvalue weighted by Gasteiger charge is -2.30. The maximum absolute atomic E-state index is 19.2.